The van der Waals surface area contributed by atoms with Crippen molar-refractivity contribution in [3.05, 3.63) is 53.6 Å². The van der Waals surface area contributed by atoms with E-state index in [9.17, 15) is 18.0 Å². The zero-order valence-corrected chi connectivity index (χ0v) is 15.8. The molecule has 2 aromatic carbocycles. The molecule has 2 rings (SSSR count). The Kier molecular flexibility index (Phi) is 6.35. The van der Waals surface area contributed by atoms with Gasteiger partial charge < -0.3 is 14.8 Å². The van der Waals surface area contributed by atoms with Gasteiger partial charge in [0.15, 0.2) is 6.10 Å². The number of benzene rings is 2. The number of methoxy groups -OCH3 is 1. The van der Waals surface area contributed by atoms with Crippen LogP contribution in [-0.2, 0) is 19.6 Å². The fourth-order valence-electron chi connectivity index (χ4n) is 2.21. The summed E-state index contributed by atoms with van der Waals surface area (Å²) >= 11 is 0. The van der Waals surface area contributed by atoms with Crippen molar-refractivity contribution in [1.29, 1.82) is 5.26 Å². The molecule has 0 fully saturated rings. The lowest BCUT2D eigenvalue weighted by atomic mass is 10.2. The van der Waals surface area contributed by atoms with Crippen molar-refractivity contribution in [3.8, 4) is 11.8 Å². The number of rotatable bonds is 6. The summed E-state index contributed by atoms with van der Waals surface area (Å²) in [5.41, 5.74) is 0.521. The molecule has 0 saturated carbocycles. The normalized spacial score (nSPS) is 11.8. The van der Waals surface area contributed by atoms with Crippen LogP contribution >= 0.6 is 0 Å². The molecule has 3 N–H and O–H groups in total. The number of hydrogen-bond donors (Lipinski definition) is 2. The van der Waals surface area contributed by atoms with E-state index in [1.54, 1.807) is 18.2 Å². The van der Waals surface area contributed by atoms with Gasteiger partial charge in [-0.05, 0) is 43.3 Å². The van der Waals surface area contributed by atoms with Gasteiger partial charge in [-0.2, -0.15) is 5.26 Å². The van der Waals surface area contributed by atoms with E-state index in [1.165, 1.54) is 32.2 Å². The summed E-state index contributed by atoms with van der Waals surface area (Å²) < 4.78 is 33.1. The minimum Gasteiger partial charge on any atom is -0.496 e. The Balaban J connectivity index is 2.17. The summed E-state index contributed by atoms with van der Waals surface area (Å²) in [4.78, 5) is 24.4. The molecule has 146 valence electrons. The van der Waals surface area contributed by atoms with Crippen LogP contribution in [0.25, 0.3) is 0 Å². The predicted octanol–water partition coefficient (Wildman–Crippen LogP) is 1.40. The van der Waals surface area contributed by atoms with Gasteiger partial charge in [0.1, 0.15) is 11.3 Å². The Labute approximate surface area is 161 Å². The van der Waals surface area contributed by atoms with Crippen molar-refractivity contribution in [3.63, 3.8) is 0 Å². The number of anilines is 1. The lowest BCUT2D eigenvalue weighted by molar-refractivity contribution is -0.123. The number of sulfonamides is 1. The highest BCUT2D eigenvalue weighted by Gasteiger charge is 2.23. The van der Waals surface area contributed by atoms with Crippen LogP contribution in [0, 0.1) is 11.3 Å². The summed E-state index contributed by atoms with van der Waals surface area (Å²) in [5.74, 6) is -1.53. The number of nitriles is 1. The van der Waals surface area contributed by atoms with E-state index >= 15 is 0 Å². The van der Waals surface area contributed by atoms with E-state index < -0.39 is 28.0 Å². The van der Waals surface area contributed by atoms with Crippen LogP contribution in [0.2, 0.25) is 0 Å². The van der Waals surface area contributed by atoms with E-state index in [2.05, 4.69) is 5.32 Å². The van der Waals surface area contributed by atoms with Crippen molar-refractivity contribution in [2.24, 2.45) is 5.14 Å². The molecule has 0 unspecified atom stereocenters. The van der Waals surface area contributed by atoms with Crippen LogP contribution in [0.15, 0.2) is 47.4 Å². The lowest BCUT2D eigenvalue weighted by Crippen LogP contribution is -2.30. The van der Waals surface area contributed by atoms with Crippen LogP contribution in [0.5, 0.6) is 5.75 Å². The summed E-state index contributed by atoms with van der Waals surface area (Å²) in [6.07, 6.45) is -1.21. The van der Waals surface area contributed by atoms with Gasteiger partial charge in [-0.1, -0.05) is 6.07 Å². The summed E-state index contributed by atoms with van der Waals surface area (Å²) in [6, 6.07) is 11.6. The Bertz CT molecular complexity index is 1060. The minimum absolute atomic E-state index is 0.0618. The Morgan fingerprint density at radius 1 is 1.21 bits per heavy atom. The maximum absolute atomic E-state index is 12.4. The molecule has 0 spiro atoms. The van der Waals surface area contributed by atoms with E-state index in [-0.39, 0.29) is 16.2 Å². The molecule has 1 atom stereocenters. The molecule has 0 bridgehead atoms. The van der Waals surface area contributed by atoms with Crippen LogP contribution < -0.4 is 15.2 Å². The second-order valence-electron chi connectivity index (χ2n) is 5.64. The average molecular weight is 403 g/mol. The number of carbonyl (C=O) groups excluding carboxylic acids is 2. The van der Waals surface area contributed by atoms with Gasteiger partial charge in [0.2, 0.25) is 10.0 Å². The largest absolute Gasteiger partial charge is 0.496 e. The smallest absolute Gasteiger partial charge is 0.342 e. The first-order valence-corrected chi connectivity index (χ1v) is 9.43. The molecule has 10 heteroatoms. The molecule has 0 aliphatic carbocycles. The zero-order chi connectivity index (χ0) is 20.9. The van der Waals surface area contributed by atoms with Gasteiger partial charge in [-0.3, -0.25) is 4.79 Å². The molecule has 1 amide bonds. The van der Waals surface area contributed by atoms with Crippen molar-refractivity contribution in [2.45, 2.75) is 17.9 Å². The maximum Gasteiger partial charge on any atom is 0.342 e. The topological polar surface area (TPSA) is 149 Å². The summed E-state index contributed by atoms with van der Waals surface area (Å²) in [7, 11) is -2.75. The third kappa shape index (κ3) is 5.06. The molecular formula is C18H17N3O6S. The predicted molar refractivity (Wildman–Crippen MR) is 99.0 cm³/mol. The Morgan fingerprint density at radius 2 is 1.93 bits per heavy atom. The van der Waals surface area contributed by atoms with Crippen LogP contribution in [-0.4, -0.2) is 33.5 Å². The highest BCUT2D eigenvalue weighted by atomic mass is 32.2. The quantitative estimate of drug-likeness (QED) is 0.692. The van der Waals surface area contributed by atoms with Crippen molar-refractivity contribution in [2.75, 3.05) is 12.4 Å². The van der Waals surface area contributed by atoms with Crippen LogP contribution in [0.4, 0.5) is 5.69 Å². The molecule has 0 saturated heterocycles. The van der Waals surface area contributed by atoms with Gasteiger partial charge >= 0.3 is 5.97 Å². The highest BCUT2D eigenvalue weighted by molar-refractivity contribution is 7.89. The fourth-order valence-corrected chi connectivity index (χ4v) is 2.75. The van der Waals surface area contributed by atoms with Gasteiger partial charge in [0.25, 0.3) is 5.91 Å². The maximum atomic E-state index is 12.4. The first-order chi connectivity index (χ1) is 13.2. The second-order valence-corrected chi connectivity index (χ2v) is 7.20. The molecular weight excluding hydrogens is 386 g/mol. The van der Waals surface area contributed by atoms with Crippen molar-refractivity contribution in [1.82, 2.24) is 0 Å². The van der Waals surface area contributed by atoms with Gasteiger partial charge in [0, 0.05) is 5.69 Å². The van der Waals surface area contributed by atoms with Crippen molar-refractivity contribution >= 4 is 27.6 Å². The number of hydrogen-bond acceptors (Lipinski definition) is 7. The Hall–Kier alpha value is -3.42. The molecule has 0 radical (unpaired) electrons. The number of esters is 1. The number of primary sulfonamides is 1. The SMILES string of the molecule is COc1ccc(S(N)(=O)=O)cc1C(=O)O[C@H](C)C(=O)Nc1cccc(C#N)c1. The minimum atomic E-state index is -4.04. The van der Waals surface area contributed by atoms with Crippen LogP contribution in [0.3, 0.4) is 0 Å². The van der Waals surface area contributed by atoms with E-state index in [1.807, 2.05) is 6.07 Å². The summed E-state index contributed by atoms with van der Waals surface area (Å²) in [6.45, 7) is 1.34. The number of nitrogens with two attached hydrogens (primary N) is 1. The van der Waals surface area contributed by atoms with E-state index in [0.717, 1.165) is 6.07 Å². The highest BCUT2D eigenvalue weighted by Crippen LogP contribution is 2.23. The molecule has 0 aromatic heterocycles. The Morgan fingerprint density at radius 3 is 2.54 bits per heavy atom. The number of amides is 1. The molecule has 2 aromatic rings. The monoisotopic (exact) mass is 403 g/mol. The van der Waals surface area contributed by atoms with Gasteiger partial charge in [0.05, 0.1) is 23.6 Å². The second kappa shape index (κ2) is 8.51. The van der Waals surface area contributed by atoms with Crippen LogP contribution in [0.1, 0.15) is 22.8 Å². The molecule has 0 aliphatic rings. The third-order valence-corrected chi connectivity index (χ3v) is 4.54. The van der Waals surface area contributed by atoms with E-state index in [4.69, 9.17) is 19.9 Å². The van der Waals surface area contributed by atoms with Gasteiger partial charge in [-0.15, -0.1) is 0 Å². The molecule has 0 aliphatic heterocycles. The number of carbonyl (C=O) groups is 2. The fraction of sp³-hybridized carbons (Fsp3) is 0.167. The lowest BCUT2D eigenvalue weighted by Gasteiger charge is -2.15. The van der Waals surface area contributed by atoms with E-state index in [0.29, 0.717) is 11.3 Å². The molecule has 0 heterocycles. The van der Waals surface area contributed by atoms with Crippen molar-refractivity contribution < 1.29 is 27.5 Å². The zero-order valence-electron chi connectivity index (χ0n) is 15.0. The number of ether oxygens (including phenoxy) is 2. The molecule has 9 nitrogen and oxygen atoms in total. The average Bonchev–Trinajstić information content (AvgIpc) is 2.66. The number of nitrogens with one attached hydrogen (secondary N) is 1. The first-order valence-electron chi connectivity index (χ1n) is 7.88. The number of nitrogens with zero attached hydrogens (tertiary/aromatic N) is 1. The first kappa shape index (κ1) is 20.9. The van der Waals surface area contributed by atoms with Gasteiger partial charge in [-0.25, -0.2) is 18.4 Å². The summed E-state index contributed by atoms with van der Waals surface area (Å²) in [5, 5.41) is 16.5. The molecule has 28 heavy (non-hydrogen) atoms. The third-order valence-electron chi connectivity index (χ3n) is 3.63. The standard InChI is InChI=1S/C18H17N3O6S/c1-11(17(22)21-13-5-3-4-12(8-13)10-19)27-18(23)15-9-14(28(20,24)25)6-7-16(15)26-2/h3-9,11H,1-2H3,(H,21,22)(H2,20,24,25)/t11-/m1/s1.